The van der Waals surface area contributed by atoms with E-state index in [1.165, 1.54) is 16.0 Å². The van der Waals surface area contributed by atoms with Crippen molar-refractivity contribution in [3.05, 3.63) is 35.4 Å². The minimum absolute atomic E-state index is 0.0428. The van der Waals surface area contributed by atoms with Gasteiger partial charge in [-0.1, -0.05) is 38.1 Å². The highest BCUT2D eigenvalue weighted by molar-refractivity contribution is 5.78. The maximum absolute atomic E-state index is 12.4. The maximum Gasteiger partial charge on any atom is 0.276 e. The number of amides is 1. The van der Waals surface area contributed by atoms with Crippen molar-refractivity contribution in [3.63, 3.8) is 0 Å². The number of carbonyl (C=O) groups excluding carboxylic acids is 1. The first-order valence-corrected chi connectivity index (χ1v) is 10.5. The van der Waals surface area contributed by atoms with E-state index in [4.69, 9.17) is 0 Å². The highest BCUT2D eigenvalue weighted by Crippen LogP contribution is 2.28. The normalized spacial score (nSPS) is 24.5. The van der Waals surface area contributed by atoms with Crippen LogP contribution in [-0.2, 0) is 11.3 Å². The van der Waals surface area contributed by atoms with Gasteiger partial charge in [0.15, 0.2) is 6.54 Å². The first-order chi connectivity index (χ1) is 13.0. The fraction of sp³-hybridized carbons (Fsp3) is 0.636. The van der Waals surface area contributed by atoms with Crippen molar-refractivity contribution in [2.75, 3.05) is 32.7 Å². The lowest BCUT2D eigenvalue weighted by molar-refractivity contribution is -1.02. The molecule has 27 heavy (non-hydrogen) atoms. The Labute approximate surface area is 163 Å². The van der Waals surface area contributed by atoms with Crippen LogP contribution in [-0.4, -0.2) is 44.2 Å². The first kappa shape index (κ1) is 19.9. The van der Waals surface area contributed by atoms with E-state index in [0.717, 1.165) is 58.4 Å². The van der Waals surface area contributed by atoms with Crippen molar-refractivity contribution in [2.24, 2.45) is 0 Å². The van der Waals surface area contributed by atoms with E-state index in [-0.39, 0.29) is 5.91 Å². The van der Waals surface area contributed by atoms with Crippen molar-refractivity contribution >= 4 is 5.91 Å². The Kier molecular flexibility index (Phi) is 6.51. The molecule has 1 saturated heterocycles. The molecule has 0 aromatic heterocycles. The lowest BCUT2D eigenvalue weighted by atomic mass is 10.00. The Balaban J connectivity index is 1.42. The Morgan fingerprint density at radius 2 is 1.70 bits per heavy atom. The molecular weight excluding hydrogens is 336 g/mol. The van der Waals surface area contributed by atoms with Gasteiger partial charge in [0.2, 0.25) is 0 Å². The van der Waals surface area contributed by atoms with Crippen LogP contribution in [0.5, 0.6) is 0 Å². The topological polar surface area (TPSA) is 61.8 Å². The van der Waals surface area contributed by atoms with Gasteiger partial charge in [0, 0.05) is 5.56 Å². The number of piperazine rings is 1. The van der Waals surface area contributed by atoms with Crippen LogP contribution in [0.2, 0.25) is 0 Å². The average Bonchev–Trinajstić information content (AvgIpc) is 3.12. The van der Waals surface area contributed by atoms with Crippen molar-refractivity contribution in [1.29, 1.82) is 5.26 Å². The van der Waals surface area contributed by atoms with Crippen molar-refractivity contribution < 1.29 is 14.6 Å². The zero-order valence-electron chi connectivity index (χ0n) is 16.8. The Bertz CT molecular complexity index is 663. The summed E-state index contributed by atoms with van der Waals surface area (Å²) in [4.78, 5) is 15.3. The van der Waals surface area contributed by atoms with E-state index in [2.05, 4.69) is 49.5 Å². The van der Waals surface area contributed by atoms with Crippen molar-refractivity contribution in [3.8, 4) is 6.07 Å². The zero-order valence-corrected chi connectivity index (χ0v) is 16.8. The SMILES string of the molecule is CC(C)c1ccc(C[NH+]2CC[NH+](CC(=O)NC3(C#N)CCCC3)CC2)cc1. The van der Waals surface area contributed by atoms with Gasteiger partial charge in [-0.2, -0.15) is 5.26 Å². The molecule has 0 spiro atoms. The van der Waals surface area contributed by atoms with E-state index in [1.54, 1.807) is 4.90 Å². The van der Waals surface area contributed by atoms with E-state index in [0.29, 0.717) is 12.5 Å². The summed E-state index contributed by atoms with van der Waals surface area (Å²) in [7, 11) is 0. The zero-order chi connectivity index (χ0) is 19.3. The second-order valence-corrected chi connectivity index (χ2v) is 8.70. The molecule has 0 atom stereocenters. The van der Waals surface area contributed by atoms with Crippen LogP contribution < -0.4 is 15.1 Å². The van der Waals surface area contributed by atoms with E-state index < -0.39 is 5.54 Å². The monoisotopic (exact) mass is 370 g/mol. The minimum Gasteiger partial charge on any atom is -0.333 e. The molecule has 0 unspecified atom stereocenters. The van der Waals surface area contributed by atoms with Crippen LogP contribution in [0.1, 0.15) is 56.6 Å². The van der Waals surface area contributed by atoms with Gasteiger partial charge in [-0.15, -0.1) is 0 Å². The molecule has 1 amide bonds. The van der Waals surface area contributed by atoms with Crippen LogP contribution >= 0.6 is 0 Å². The van der Waals surface area contributed by atoms with E-state index >= 15 is 0 Å². The van der Waals surface area contributed by atoms with Gasteiger partial charge in [0.1, 0.15) is 38.3 Å². The number of nitriles is 1. The molecule has 2 fully saturated rings. The summed E-state index contributed by atoms with van der Waals surface area (Å²) in [6, 6.07) is 11.4. The first-order valence-electron chi connectivity index (χ1n) is 10.5. The smallest absolute Gasteiger partial charge is 0.276 e. The van der Waals surface area contributed by atoms with Crippen LogP contribution in [0.3, 0.4) is 0 Å². The number of nitrogens with one attached hydrogen (secondary N) is 3. The predicted octanol–water partition coefficient (Wildman–Crippen LogP) is 0.0460. The highest BCUT2D eigenvalue weighted by Gasteiger charge is 2.36. The number of hydrogen-bond donors (Lipinski definition) is 3. The molecule has 3 N–H and O–H groups in total. The molecule has 1 aliphatic carbocycles. The van der Waals surface area contributed by atoms with Crippen LogP contribution in [0.4, 0.5) is 0 Å². The number of hydrogen-bond acceptors (Lipinski definition) is 2. The maximum atomic E-state index is 12.4. The molecule has 1 aliphatic heterocycles. The number of benzene rings is 1. The molecule has 2 aliphatic rings. The van der Waals surface area contributed by atoms with Crippen LogP contribution in [0.15, 0.2) is 24.3 Å². The largest absolute Gasteiger partial charge is 0.333 e. The summed E-state index contributed by atoms with van der Waals surface area (Å²) >= 11 is 0. The average molecular weight is 371 g/mol. The summed E-state index contributed by atoms with van der Waals surface area (Å²) in [5.74, 6) is 0.621. The van der Waals surface area contributed by atoms with Gasteiger partial charge in [-0.25, -0.2) is 0 Å². The summed E-state index contributed by atoms with van der Waals surface area (Å²) in [6.45, 7) is 10.2. The number of quaternary nitrogens is 2. The van der Waals surface area contributed by atoms with Gasteiger partial charge in [0.05, 0.1) is 6.07 Å². The molecule has 0 radical (unpaired) electrons. The summed E-state index contributed by atoms with van der Waals surface area (Å²) in [5, 5.41) is 12.4. The third-order valence-electron chi connectivity index (χ3n) is 6.23. The molecule has 5 nitrogen and oxygen atoms in total. The third kappa shape index (κ3) is 5.31. The standard InChI is InChI=1S/C22H32N4O/c1-18(2)20-7-5-19(6-8-20)15-25-11-13-26(14-12-25)16-21(27)24-22(17-23)9-3-4-10-22/h5-8,18H,3-4,9-16H2,1-2H3,(H,24,27)/p+2. The molecule has 5 heteroatoms. The summed E-state index contributed by atoms with van der Waals surface area (Å²) < 4.78 is 0. The fourth-order valence-corrected chi connectivity index (χ4v) is 4.40. The molecule has 1 aromatic carbocycles. The lowest BCUT2D eigenvalue weighted by Gasteiger charge is -2.30. The van der Waals surface area contributed by atoms with E-state index in [9.17, 15) is 10.1 Å². The van der Waals surface area contributed by atoms with E-state index in [1.807, 2.05) is 0 Å². The number of nitrogens with zero attached hydrogens (tertiary/aromatic N) is 1. The molecule has 1 aromatic rings. The molecule has 3 rings (SSSR count). The van der Waals surface area contributed by atoms with Gasteiger partial charge in [-0.3, -0.25) is 4.79 Å². The molecule has 1 saturated carbocycles. The highest BCUT2D eigenvalue weighted by atomic mass is 16.2. The van der Waals surface area contributed by atoms with Crippen molar-refractivity contribution in [1.82, 2.24) is 5.32 Å². The van der Waals surface area contributed by atoms with Crippen molar-refractivity contribution in [2.45, 2.75) is 57.5 Å². The Morgan fingerprint density at radius 3 is 2.26 bits per heavy atom. The summed E-state index contributed by atoms with van der Waals surface area (Å²) in [5.41, 5.74) is 2.20. The number of carbonyl (C=O) groups is 1. The summed E-state index contributed by atoms with van der Waals surface area (Å²) in [6.07, 6.45) is 3.69. The lowest BCUT2D eigenvalue weighted by Crippen LogP contribution is -3.28. The second kappa shape index (κ2) is 8.86. The minimum atomic E-state index is -0.592. The molecular formula is C22H34N4O+2. The quantitative estimate of drug-likeness (QED) is 0.662. The molecule has 146 valence electrons. The second-order valence-electron chi connectivity index (χ2n) is 8.70. The fourth-order valence-electron chi connectivity index (χ4n) is 4.40. The van der Waals surface area contributed by atoms with Gasteiger partial charge >= 0.3 is 0 Å². The van der Waals surface area contributed by atoms with Gasteiger partial charge in [-0.05, 0) is 37.2 Å². The third-order valence-corrected chi connectivity index (χ3v) is 6.23. The molecule has 0 bridgehead atoms. The Hall–Kier alpha value is -1.90. The van der Waals surface area contributed by atoms with Gasteiger partial charge in [0.25, 0.3) is 5.91 Å². The Morgan fingerprint density at radius 1 is 1.11 bits per heavy atom. The van der Waals surface area contributed by atoms with Gasteiger partial charge < -0.3 is 15.1 Å². The molecule has 1 heterocycles. The van der Waals surface area contributed by atoms with Crippen LogP contribution in [0, 0.1) is 11.3 Å². The predicted molar refractivity (Wildman–Crippen MR) is 105 cm³/mol. The van der Waals surface area contributed by atoms with Crippen LogP contribution in [0.25, 0.3) is 0 Å². The number of rotatable bonds is 6.